The summed E-state index contributed by atoms with van der Waals surface area (Å²) < 4.78 is 5.97. The van der Waals surface area contributed by atoms with Gasteiger partial charge in [-0.25, -0.2) is 4.98 Å². The zero-order valence-corrected chi connectivity index (χ0v) is 18.3. The lowest BCUT2D eigenvalue weighted by Crippen LogP contribution is -2.51. The molecule has 0 bridgehead atoms. The molecule has 2 aromatic heterocycles. The second-order valence-corrected chi connectivity index (χ2v) is 8.33. The number of pyridine rings is 2. The summed E-state index contributed by atoms with van der Waals surface area (Å²) in [6, 6.07) is 33.4. The minimum Gasteiger partial charge on any atom is -0.439 e. The van der Waals surface area contributed by atoms with E-state index in [1.165, 1.54) is 27.6 Å². The minimum atomic E-state index is 0.130. The highest BCUT2D eigenvalue weighted by atomic mass is 16.5. The third kappa shape index (κ3) is 3.50. The Bertz CT molecular complexity index is 1470. The van der Waals surface area contributed by atoms with Crippen LogP contribution < -0.4 is 21.3 Å². The number of aryl methyl sites for hydroxylation is 1. The largest absolute Gasteiger partial charge is 0.439 e. The summed E-state index contributed by atoms with van der Waals surface area (Å²) in [7, 11) is 0. The summed E-state index contributed by atoms with van der Waals surface area (Å²) in [4.78, 5) is 9.06. The molecule has 33 heavy (non-hydrogen) atoms. The smallest absolute Gasteiger partial charge is 0.266 e. The van der Waals surface area contributed by atoms with Gasteiger partial charge < -0.3 is 4.74 Å². The molecule has 0 unspecified atom stereocenters. The standard InChI is InChI=1S/C29H21BN2O/c1-20-8-7-17-32-29(20)30-26-12-3-2-11-24(26)25-15-14-22(19-27(25)30)21-9-6-10-23(18-21)33-28-13-4-5-16-31-28/h2-19H,1H3. The van der Waals surface area contributed by atoms with E-state index in [9.17, 15) is 0 Å². The van der Waals surface area contributed by atoms with Gasteiger partial charge in [-0.15, -0.1) is 0 Å². The maximum atomic E-state index is 5.97. The van der Waals surface area contributed by atoms with E-state index in [1.807, 2.05) is 42.6 Å². The van der Waals surface area contributed by atoms with E-state index in [1.54, 1.807) is 6.20 Å². The van der Waals surface area contributed by atoms with Crippen LogP contribution in [0.25, 0.3) is 22.3 Å². The molecule has 1 aliphatic rings. The van der Waals surface area contributed by atoms with Crippen molar-refractivity contribution in [2.45, 2.75) is 6.92 Å². The highest BCUT2D eigenvalue weighted by molar-refractivity contribution is 6.98. The molecule has 0 fully saturated rings. The van der Waals surface area contributed by atoms with E-state index >= 15 is 0 Å². The molecule has 0 atom stereocenters. The lowest BCUT2D eigenvalue weighted by molar-refractivity contribution is 0.463. The molecule has 0 N–H and O–H groups in total. The van der Waals surface area contributed by atoms with Crippen molar-refractivity contribution in [1.29, 1.82) is 0 Å². The van der Waals surface area contributed by atoms with Gasteiger partial charge >= 0.3 is 0 Å². The molecule has 3 aromatic carbocycles. The third-order valence-corrected chi connectivity index (χ3v) is 6.28. The fourth-order valence-electron chi connectivity index (χ4n) is 4.75. The lowest BCUT2D eigenvalue weighted by Gasteiger charge is -2.14. The molecule has 156 valence electrons. The highest BCUT2D eigenvalue weighted by Crippen LogP contribution is 2.30. The number of hydrogen-bond acceptors (Lipinski definition) is 3. The van der Waals surface area contributed by atoms with Crippen LogP contribution in [0, 0.1) is 6.92 Å². The molecule has 0 spiro atoms. The highest BCUT2D eigenvalue weighted by Gasteiger charge is 2.35. The van der Waals surface area contributed by atoms with Crippen molar-refractivity contribution in [3.8, 4) is 33.9 Å². The maximum Gasteiger partial charge on any atom is 0.266 e. The Hall–Kier alpha value is -4.18. The van der Waals surface area contributed by atoms with Crippen LogP contribution in [0.1, 0.15) is 5.56 Å². The van der Waals surface area contributed by atoms with E-state index in [-0.39, 0.29) is 6.71 Å². The average molecular weight is 424 g/mol. The molecule has 6 rings (SSSR count). The molecule has 3 heterocycles. The number of hydrogen-bond donors (Lipinski definition) is 0. The molecule has 0 saturated heterocycles. The van der Waals surface area contributed by atoms with Gasteiger partial charge in [-0.05, 0) is 59.0 Å². The van der Waals surface area contributed by atoms with Gasteiger partial charge in [0.25, 0.3) is 6.71 Å². The molecule has 0 aliphatic carbocycles. The van der Waals surface area contributed by atoms with E-state index in [4.69, 9.17) is 9.72 Å². The van der Waals surface area contributed by atoms with Crippen LogP contribution in [0.5, 0.6) is 11.6 Å². The first kappa shape index (κ1) is 19.5. The van der Waals surface area contributed by atoms with Crippen LogP contribution in [0.4, 0.5) is 0 Å². The zero-order chi connectivity index (χ0) is 22.2. The molecule has 0 radical (unpaired) electrons. The summed E-state index contributed by atoms with van der Waals surface area (Å²) in [5, 5.41) is 0. The third-order valence-electron chi connectivity index (χ3n) is 6.28. The molecular weight excluding hydrogens is 403 g/mol. The molecule has 0 saturated carbocycles. The molecule has 4 heteroatoms. The predicted octanol–water partition coefficient (Wildman–Crippen LogP) is 4.74. The van der Waals surface area contributed by atoms with Crippen molar-refractivity contribution in [2.24, 2.45) is 0 Å². The summed E-state index contributed by atoms with van der Waals surface area (Å²) in [6.45, 7) is 2.27. The van der Waals surface area contributed by atoms with Gasteiger partial charge in [-0.2, -0.15) is 0 Å². The fraction of sp³-hybridized carbons (Fsp3) is 0.0345. The number of rotatable bonds is 4. The van der Waals surface area contributed by atoms with E-state index in [0.717, 1.165) is 22.5 Å². The molecule has 1 aliphatic heterocycles. The van der Waals surface area contributed by atoms with Crippen LogP contribution >= 0.6 is 0 Å². The fourth-order valence-corrected chi connectivity index (χ4v) is 4.75. The summed E-state index contributed by atoms with van der Waals surface area (Å²) in [6.07, 6.45) is 3.63. The first-order valence-electron chi connectivity index (χ1n) is 11.1. The Morgan fingerprint density at radius 2 is 1.45 bits per heavy atom. The SMILES string of the molecule is Cc1cccnc1B1c2ccccc2-c2ccc(-c3cccc(Oc4ccccn4)c3)cc21. The quantitative estimate of drug-likeness (QED) is 0.384. The first-order chi connectivity index (χ1) is 16.3. The Balaban J connectivity index is 1.44. The number of aromatic nitrogens is 2. The van der Waals surface area contributed by atoms with Crippen molar-refractivity contribution in [3.05, 3.63) is 115 Å². The topological polar surface area (TPSA) is 35.0 Å². The van der Waals surface area contributed by atoms with Crippen molar-refractivity contribution in [3.63, 3.8) is 0 Å². The monoisotopic (exact) mass is 424 g/mol. The molecule has 0 amide bonds. The number of fused-ring (bicyclic) bond motifs is 3. The van der Waals surface area contributed by atoms with Crippen molar-refractivity contribution in [2.75, 3.05) is 0 Å². The minimum absolute atomic E-state index is 0.130. The zero-order valence-electron chi connectivity index (χ0n) is 18.3. The van der Waals surface area contributed by atoms with Gasteiger partial charge in [0, 0.05) is 24.1 Å². The van der Waals surface area contributed by atoms with E-state index in [2.05, 4.69) is 72.6 Å². The van der Waals surface area contributed by atoms with Crippen LogP contribution in [-0.2, 0) is 0 Å². The average Bonchev–Trinajstić information content (AvgIpc) is 3.19. The Morgan fingerprint density at radius 3 is 2.33 bits per heavy atom. The maximum absolute atomic E-state index is 5.97. The van der Waals surface area contributed by atoms with Crippen LogP contribution in [0.15, 0.2) is 109 Å². The molecule has 5 aromatic rings. The second-order valence-electron chi connectivity index (χ2n) is 8.33. The van der Waals surface area contributed by atoms with Gasteiger partial charge in [0.2, 0.25) is 5.88 Å². The van der Waals surface area contributed by atoms with Gasteiger partial charge in [-0.3, -0.25) is 4.98 Å². The van der Waals surface area contributed by atoms with Gasteiger partial charge in [-0.1, -0.05) is 77.7 Å². The molecule has 3 nitrogen and oxygen atoms in total. The lowest BCUT2D eigenvalue weighted by atomic mass is 9.40. The van der Waals surface area contributed by atoms with Gasteiger partial charge in [0.15, 0.2) is 0 Å². The Kier molecular flexibility index (Phi) is 4.77. The normalized spacial score (nSPS) is 11.7. The van der Waals surface area contributed by atoms with Crippen LogP contribution in [0.2, 0.25) is 0 Å². The van der Waals surface area contributed by atoms with E-state index < -0.39 is 0 Å². The summed E-state index contributed by atoms with van der Waals surface area (Å²) >= 11 is 0. The van der Waals surface area contributed by atoms with Crippen molar-refractivity contribution in [1.82, 2.24) is 9.97 Å². The van der Waals surface area contributed by atoms with Crippen molar-refractivity contribution < 1.29 is 4.74 Å². The van der Waals surface area contributed by atoms with Crippen LogP contribution in [0.3, 0.4) is 0 Å². The Morgan fingerprint density at radius 1 is 0.636 bits per heavy atom. The van der Waals surface area contributed by atoms with Gasteiger partial charge in [0.05, 0.1) is 0 Å². The van der Waals surface area contributed by atoms with Gasteiger partial charge in [0.1, 0.15) is 5.75 Å². The second kappa shape index (κ2) is 8.07. The van der Waals surface area contributed by atoms with E-state index in [0.29, 0.717) is 5.88 Å². The van der Waals surface area contributed by atoms with Crippen molar-refractivity contribution >= 4 is 23.2 Å². The number of ether oxygens (including phenoxy) is 1. The number of benzene rings is 3. The molecular formula is C29H21BN2O. The summed E-state index contributed by atoms with van der Waals surface area (Å²) in [5.74, 6) is 1.36. The number of nitrogens with zero attached hydrogens (tertiary/aromatic N) is 2. The van der Waals surface area contributed by atoms with Crippen LogP contribution in [-0.4, -0.2) is 16.7 Å². The first-order valence-corrected chi connectivity index (χ1v) is 11.1. The summed E-state index contributed by atoms with van der Waals surface area (Å²) in [5.41, 5.74) is 9.79. The Labute approximate surface area is 193 Å². The predicted molar refractivity (Wildman–Crippen MR) is 135 cm³/mol.